The van der Waals surface area contributed by atoms with E-state index in [2.05, 4.69) is 156 Å². The largest absolute Gasteiger partial charge is 0.444 e. The molecule has 8 nitrogen and oxygen atoms in total. The molecular formula is C49H64Cl2N2O6Si2. The van der Waals surface area contributed by atoms with Crippen LogP contribution in [0.25, 0.3) is 0 Å². The minimum absolute atomic E-state index is 0.00468. The third kappa shape index (κ3) is 9.17. The van der Waals surface area contributed by atoms with E-state index in [4.69, 9.17) is 46.3 Å². The van der Waals surface area contributed by atoms with Crippen LogP contribution in [0.2, 0.25) is 10.1 Å². The van der Waals surface area contributed by atoms with Crippen LogP contribution in [0.3, 0.4) is 0 Å². The smallest absolute Gasteiger partial charge is 0.410 e. The lowest BCUT2D eigenvalue weighted by atomic mass is 10.1. The number of likely N-dealkylation sites (tertiary alicyclic amines) is 1. The number of amides is 1. The van der Waals surface area contributed by atoms with Crippen LogP contribution in [0.4, 0.5) is 4.79 Å². The van der Waals surface area contributed by atoms with Crippen LogP contribution in [-0.2, 0) is 23.1 Å². The highest BCUT2D eigenvalue weighted by Gasteiger charge is 2.59. The van der Waals surface area contributed by atoms with Gasteiger partial charge in [-0.15, -0.1) is 23.2 Å². The van der Waals surface area contributed by atoms with Crippen molar-refractivity contribution in [1.29, 1.82) is 0 Å². The van der Waals surface area contributed by atoms with Crippen LogP contribution in [0.15, 0.2) is 121 Å². The average Bonchev–Trinajstić information content (AvgIpc) is 4.00. The van der Waals surface area contributed by atoms with Gasteiger partial charge in [-0.2, -0.15) is 0 Å². The van der Waals surface area contributed by atoms with E-state index in [0.717, 1.165) is 6.54 Å². The summed E-state index contributed by atoms with van der Waals surface area (Å²) in [5.41, 5.74) is -0.592. The zero-order valence-electron chi connectivity index (χ0n) is 37.1. The van der Waals surface area contributed by atoms with Crippen molar-refractivity contribution in [1.82, 2.24) is 10.2 Å². The first-order valence-corrected chi connectivity index (χ1v) is 26.4. The minimum Gasteiger partial charge on any atom is -0.444 e. The van der Waals surface area contributed by atoms with Crippen molar-refractivity contribution in [3.8, 4) is 0 Å². The van der Waals surface area contributed by atoms with Gasteiger partial charge in [0.25, 0.3) is 16.6 Å². The fraction of sp³-hybridized carbons (Fsp3) is 0.490. The van der Waals surface area contributed by atoms with Crippen LogP contribution in [0, 0.1) is 0 Å². The van der Waals surface area contributed by atoms with E-state index in [1.165, 1.54) is 20.7 Å². The molecule has 4 aromatic rings. The second kappa shape index (κ2) is 18.2. The van der Waals surface area contributed by atoms with Crippen LogP contribution < -0.4 is 26.1 Å². The highest BCUT2D eigenvalue weighted by molar-refractivity contribution is 7.00. The molecule has 0 unspecified atom stereocenters. The van der Waals surface area contributed by atoms with E-state index >= 15 is 0 Å². The number of ether oxygens (including phenoxy) is 3. The van der Waals surface area contributed by atoms with Gasteiger partial charge < -0.3 is 28.4 Å². The molecular weight excluding hydrogens is 840 g/mol. The third-order valence-corrected chi connectivity index (χ3v) is 23.4. The lowest BCUT2D eigenvalue weighted by Gasteiger charge is -2.45. The summed E-state index contributed by atoms with van der Waals surface area (Å²) >= 11 is 13.1. The Morgan fingerprint density at radius 2 is 1.00 bits per heavy atom. The standard InChI is InChI=1S/C27H36ClNO4Si.C22H28ClNO2Si/c1-26(2,3)32-25(30)29-17-21(28)24-23(29)22(18-31-24)33-34(27(4,5)6,19-13-9-7-10-14-19)20-15-11-8-12-16-20;1-22(2,3)27(16-10-6-4-7-11-16,17-12-8-5-9-13-17)26-19-15-25-21-18(23)14-24-20(19)21/h7-16,21-24H,17-18H2,1-6H3;4-13,18-21,24H,14-15H2,1-3H3/t21-,22+,23-,24-;18-,19+,20-,21-/m11/s1. The second-order valence-electron chi connectivity index (χ2n) is 19.8. The molecule has 4 aliphatic rings. The van der Waals surface area contributed by atoms with Crippen LogP contribution in [-0.4, -0.2) is 107 Å². The first-order chi connectivity index (χ1) is 28.9. The number of halogens is 2. The maximum atomic E-state index is 13.1. The summed E-state index contributed by atoms with van der Waals surface area (Å²) in [5.74, 6) is 0. The SMILES string of the molecule is CC(C)(C)OC(=O)N1C[C@@H](Cl)[C@H]2OC[C@H](O[Si](c3ccccc3)(c3ccccc3)C(C)(C)C)[C@H]21.CC(C)(C)[Si](O[C@H]1CO[C@H]2[C@@H]1NC[C@H]2Cl)(c1ccccc1)c1ccccc1. The molecule has 61 heavy (non-hydrogen) atoms. The summed E-state index contributed by atoms with van der Waals surface area (Å²) in [6.45, 7) is 21.4. The zero-order valence-corrected chi connectivity index (χ0v) is 40.7. The zero-order chi connectivity index (χ0) is 43.8. The molecule has 1 N–H and O–H groups in total. The Bertz CT molecular complexity index is 1970. The molecule has 0 spiro atoms. The predicted molar refractivity (Wildman–Crippen MR) is 252 cm³/mol. The molecule has 8 rings (SSSR count). The normalized spacial score (nSPS) is 26.6. The van der Waals surface area contributed by atoms with Gasteiger partial charge in [-0.3, -0.25) is 4.90 Å². The van der Waals surface area contributed by atoms with Crippen LogP contribution >= 0.6 is 23.2 Å². The molecule has 0 saturated carbocycles. The lowest BCUT2D eigenvalue weighted by Crippen LogP contribution is -2.69. The van der Waals surface area contributed by atoms with Crippen molar-refractivity contribution in [2.24, 2.45) is 0 Å². The minimum atomic E-state index is -2.81. The highest BCUT2D eigenvalue weighted by atomic mass is 35.5. The van der Waals surface area contributed by atoms with E-state index < -0.39 is 22.2 Å². The second-order valence-corrected chi connectivity index (χ2v) is 29.5. The van der Waals surface area contributed by atoms with E-state index in [1.807, 2.05) is 32.9 Å². The number of carbonyl (C=O) groups is 1. The quantitative estimate of drug-likeness (QED) is 0.145. The monoisotopic (exact) mass is 902 g/mol. The summed E-state index contributed by atoms with van der Waals surface area (Å²) in [6, 6.07) is 42.4. The van der Waals surface area contributed by atoms with Gasteiger partial charge >= 0.3 is 6.09 Å². The number of alkyl halides is 2. The number of fused-ring (bicyclic) bond motifs is 2. The van der Waals surface area contributed by atoms with Gasteiger partial charge in [0, 0.05) is 13.1 Å². The number of carbonyl (C=O) groups excluding carboxylic acids is 1. The van der Waals surface area contributed by atoms with Crippen molar-refractivity contribution in [2.75, 3.05) is 26.3 Å². The highest BCUT2D eigenvalue weighted by Crippen LogP contribution is 2.43. The Balaban J connectivity index is 0.000000189. The molecule has 0 aliphatic carbocycles. The lowest BCUT2D eigenvalue weighted by molar-refractivity contribution is 0.0122. The fourth-order valence-electron chi connectivity index (χ4n) is 9.86. The molecule has 4 fully saturated rings. The van der Waals surface area contributed by atoms with E-state index in [-0.39, 0.29) is 63.4 Å². The molecule has 4 aliphatic heterocycles. The van der Waals surface area contributed by atoms with E-state index in [1.54, 1.807) is 4.90 Å². The Morgan fingerprint density at radius 3 is 1.41 bits per heavy atom. The van der Waals surface area contributed by atoms with Crippen molar-refractivity contribution in [2.45, 2.75) is 125 Å². The van der Waals surface area contributed by atoms with Gasteiger partial charge in [0.05, 0.1) is 60.5 Å². The summed E-state index contributed by atoms with van der Waals surface area (Å²) in [7, 11) is -5.37. The molecule has 0 radical (unpaired) electrons. The Labute approximate surface area is 375 Å². The molecule has 4 saturated heterocycles. The molecule has 4 heterocycles. The third-order valence-electron chi connectivity index (χ3n) is 12.5. The number of benzene rings is 4. The van der Waals surface area contributed by atoms with E-state index in [9.17, 15) is 4.79 Å². The van der Waals surface area contributed by atoms with Crippen molar-refractivity contribution in [3.63, 3.8) is 0 Å². The van der Waals surface area contributed by atoms with Gasteiger partial charge in [0.1, 0.15) is 5.60 Å². The van der Waals surface area contributed by atoms with E-state index in [0.29, 0.717) is 19.8 Å². The van der Waals surface area contributed by atoms with Gasteiger partial charge in [-0.25, -0.2) is 4.79 Å². The van der Waals surface area contributed by atoms with Crippen LogP contribution in [0.5, 0.6) is 0 Å². The number of nitrogens with zero attached hydrogens (tertiary/aromatic N) is 1. The number of nitrogens with one attached hydrogen (secondary N) is 1. The maximum Gasteiger partial charge on any atom is 0.410 e. The van der Waals surface area contributed by atoms with Crippen molar-refractivity contribution < 1.29 is 27.9 Å². The van der Waals surface area contributed by atoms with Crippen LogP contribution in [0.1, 0.15) is 62.3 Å². The summed E-state index contributed by atoms with van der Waals surface area (Å²) in [6.07, 6.45) is -0.919. The van der Waals surface area contributed by atoms with Gasteiger partial charge in [0.15, 0.2) is 0 Å². The summed E-state index contributed by atoms with van der Waals surface area (Å²) in [5, 5.41) is 8.03. The molecule has 0 bridgehead atoms. The maximum absolute atomic E-state index is 13.1. The predicted octanol–water partition coefficient (Wildman–Crippen LogP) is 7.47. The first kappa shape index (κ1) is 46.0. The fourth-order valence-corrected chi connectivity index (χ4v) is 19.9. The Hall–Kier alpha value is -3.04. The molecule has 1 amide bonds. The van der Waals surface area contributed by atoms with Gasteiger partial charge in [0.2, 0.25) is 0 Å². The molecule has 4 aromatic carbocycles. The molecule has 12 heteroatoms. The Morgan fingerprint density at radius 1 is 0.607 bits per heavy atom. The van der Waals surface area contributed by atoms with Gasteiger partial charge in [-0.1, -0.05) is 163 Å². The first-order valence-electron chi connectivity index (χ1n) is 21.7. The number of rotatable bonds is 8. The van der Waals surface area contributed by atoms with Crippen molar-refractivity contribution >= 4 is 66.7 Å². The average molecular weight is 904 g/mol. The number of hydrogen-bond acceptors (Lipinski definition) is 7. The Kier molecular flexibility index (Phi) is 13.7. The summed E-state index contributed by atoms with van der Waals surface area (Å²) < 4.78 is 32.4. The number of hydrogen-bond donors (Lipinski definition) is 1. The van der Waals surface area contributed by atoms with Gasteiger partial charge in [-0.05, 0) is 51.6 Å². The molecule has 8 atom stereocenters. The topological polar surface area (TPSA) is 78.5 Å². The molecule has 328 valence electrons. The molecule has 0 aromatic heterocycles. The summed E-state index contributed by atoms with van der Waals surface area (Å²) in [4.78, 5) is 14.9. The van der Waals surface area contributed by atoms with Crippen molar-refractivity contribution in [3.05, 3.63) is 121 Å².